The molecule has 1 aliphatic carbocycles. The highest BCUT2D eigenvalue weighted by Crippen LogP contribution is 2.21. The second-order valence-corrected chi connectivity index (χ2v) is 6.83. The van der Waals surface area contributed by atoms with Gasteiger partial charge in [0.05, 0.1) is 11.9 Å². The number of allylic oxidation sites excluding steroid dienone is 1. The van der Waals surface area contributed by atoms with Crippen LogP contribution in [0.4, 0.5) is 5.69 Å². The highest BCUT2D eigenvalue weighted by molar-refractivity contribution is 9.10. The molecule has 1 aliphatic rings. The Bertz CT molecular complexity index is 563. The third kappa shape index (κ3) is 4.70. The van der Waals surface area contributed by atoms with Crippen molar-refractivity contribution in [2.75, 3.05) is 11.9 Å². The third-order valence-corrected chi connectivity index (χ3v) is 4.44. The van der Waals surface area contributed by atoms with Gasteiger partial charge in [-0.3, -0.25) is 4.79 Å². The van der Waals surface area contributed by atoms with E-state index in [9.17, 15) is 4.79 Å². The molecule has 0 aromatic carbocycles. The number of rotatable bonds is 6. The molecule has 0 amide bonds. The average molecular weight is 354 g/mol. The van der Waals surface area contributed by atoms with Crippen LogP contribution in [0, 0.1) is 5.92 Å². The minimum atomic E-state index is -0.0643. The molecule has 0 aliphatic heterocycles. The molecule has 0 radical (unpaired) electrons. The van der Waals surface area contributed by atoms with E-state index < -0.39 is 0 Å². The number of nitrogens with one attached hydrogen (secondary N) is 1. The molecule has 0 spiro atoms. The Morgan fingerprint density at radius 1 is 1.43 bits per heavy atom. The first kappa shape index (κ1) is 16.3. The van der Waals surface area contributed by atoms with E-state index in [0.29, 0.717) is 16.9 Å². The first-order chi connectivity index (χ1) is 10.1. The number of halogens is 1. The Morgan fingerprint density at radius 2 is 2.24 bits per heavy atom. The van der Waals surface area contributed by atoms with Crippen molar-refractivity contribution < 1.29 is 0 Å². The molecule has 0 bridgehead atoms. The summed E-state index contributed by atoms with van der Waals surface area (Å²) in [4.78, 5) is 12.2. The number of hydrogen-bond acceptors (Lipinski definition) is 3. The molecule has 1 aromatic heterocycles. The van der Waals surface area contributed by atoms with Crippen LogP contribution in [-0.4, -0.2) is 16.3 Å². The van der Waals surface area contributed by atoms with Gasteiger partial charge in [0.15, 0.2) is 0 Å². The molecule has 1 N–H and O–H groups in total. The summed E-state index contributed by atoms with van der Waals surface area (Å²) < 4.78 is 2.10. The fourth-order valence-corrected chi connectivity index (χ4v) is 3.00. The SMILES string of the molecule is CC(C)Cn1ncc(NCCC2=CCCCC2)c(Br)c1=O. The molecule has 0 atom stereocenters. The van der Waals surface area contributed by atoms with Crippen molar-refractivity contribution in [2.45, 2.75) is 52.5 Å². The lowest BCUT2D eigenvalue weighted by atomic mass is 9.97. The summed E-state index contributed by atoms with van der Waals surface area (Å²) in [5.74, 6) is 0.402. The topological polar surface area (TPSA) is 46.9 Å². The predicted octanol–water partition coefficient (Wildman–Crippen LogP) is 3.96. The summed E-state index contributed by atoms with van der Waals surface area (Å²) >= 11 is 3.40. The summed E-state index contributed by atoms with van der Waals surface area (Å²) in [6, 6.07) is 0. The largest absolute Gasteiger partial charge is 0.382 e. The highest BCUT2D eigenvalue weighted by Gasteiger charge is 2.10. The molecule has 0 saturated heterocycles. The van der Waals surface area contributed by atoms with E-state index in [2.05, 4.69) is 46.3 Å². The van der Waals surface area contributed by atoms with Gasteiger partial charge in [-0.05, 0) is 54.0 Å². The van der Waals surface area contributed by atoms with Crippen LogP contribution < -0.4 is 10.9 Å². The molecule has 4 nitrogen and oxygen atoms in total. The van der Waals surface area contributed by atoms with Gasteiger partial charge in [-0.25, -0.2) is 4.68 Å². The summed E-state index contributed by atoms with van der Waals surface area (Å²) in [5.41, 5.74) is 2.26. The van der Waals surface area contributed by atoms with E-state index in [1.165, 1.54) is 35.9 Å². The highest BCUT2D eigenvalue weighted by atomic mass is 79.9. The molecule has 0 unspecified atom stereocenters. The zero-order valence-electron chi connectivity index (χ0n) is 12.9. The van der Waals surface area contributed by atoms with Gasteiger partial charge in [0.1, 0.15) is 4.47 Å². The lowest BCUT2D eigenvalue weighted by molar-refractivity contribution is 0.462. The maximum atomic E-state index is 12.2. The standard InChI is InChI=1S/C16H24BrN3O/c1-12(2)11-20-16(21)15(17)14(10-19-20)18-9-8-13-6-4-3-5-7-13/h6,10,12,18H,3-5,7-9,11H2,1-2H3. The Morgan fingerprint density at radius 3 is 2.90 bits per heavy atom. The molecule has 1 aromatic rings. The molecule has 1 heterocycles. The minimum Gasteiger partial charge on any atom is -0.382 e. The van der Waals surface area contributed by atoms with Gasteiger partial charge in [0, 0.05) is 13.1 Å². The number of nitrogens with zero attached hydrogens (tertiary/aromatic N) is 2. The van der Waals surface area contributed by atoms with Crippen LogP contribution in [0.5, 0.6) is 0 Å². The Labute approximate surface area is 134 Å². The molecule has 21 heavy (non-hydrogen) atoms. The van der Waals surface area contributed by atoms with Crippen molar-refractivity contribution in [3.05, 3.63) is 32.7 Å². The second kappa shape index (κ2) is 7.78. The molecule has 2 rings (SSSR count). The summed E-state index contributed by atoms with van der Waals surface area (Å²) in [6.45, 7) is 5.64. The number of aromatic nitrogens is 2. The molecule has 116 valence electrons. The van der Waals surface area contributed by atoms with Crippen molar-refractivity contribution >= 4 is 21.6 Å². The summed E-state index contributed by atoms with van der Waals surface area (Å²) in [5, 5.41) is 7.56. The predicted molar refractivity (Wildman–Crippen MR) is 90.7 cm³/mol. The van der Waals surface area contributed by atoms with Crippen LogP contribution in [0.25, 0.3) is 0 Å². The zero-order valence-corrected chi connectivity index (χ0v) is 14.4. The van der Waals surface area contributed by atoms with Gasteiger partial charge in [-0.2, -0.15) is 5.10 Å². The summed E-state index contributed by atoms with van der Waals surface area (Å²) in [6.07, 6.45) is 10.2. The van der Waals surface area contributed by atoms with E-state index >= 15 is 0 Å². The normalized spacial score (nSPS) is 15.1. The van der Waals surface area contributed by atoms with Gasteiger partial charge in [-0.15, -0.1) is 0 Å². The maximum Gasteiger partial charge on any atom is 0.283 e. The smallest absolute Gasteiger partial charge is 0.283 e. The van der Waals surface area contributed by atoms with Crippen LogP contribution in [0.1, 0.15) is 46.0 Å². The van der Waals surface area contributed by atoms with Crippen LogP contribution in [0.15, 0.2) is 27.1 Å². The van der Waals surface area contributed by atoms with Crippen LogP contribution in [0.3, 0.4) is 0 Å². The molecule has 0 fully saturated rings. The van der Waals surface area contributed by atoms with Crippen molar-refractivity contribution in [3.63, 3.8) is 0 Å². The Kier molecular flexibility index (Phi) is 6.03. The molecular weight excluding hydrogens is 330 g/mol. The first-order valence-electron chi connectivity index (χ1n) is 7.75. The van der Waals surface area contributed by atoms with Gasteiger partial charge >= 0.3 is 0 Å². The zero-order chi connectivity index (χ0) is 15.2. The van der Waals surface area contributed by atoms with E-state index in [4.69, 9.17) is 0 Å². The third-order valence-electron chi connectivity index (χ3n) is 3.67. The first-order valence-corrected chi connectivity index (χ1v) is 8.54. The lowest BCUT2D eigenvalue weighted by Crippen LogP contribution is -2.26. The van der Waals surface area contributed by atoms with Gasteiger partial charge < -0.3 is 5.32 Å². The van der Waals surface area contributed by atoms with E-state index in [0.717, 1.165) is 18.7 Å². The van der Waals surface area contributed by atoms with Crippen molar-refractivity contribution in [1.82, 2.24) is 9.78 Å². The van der Waals surface area contributed by atoms with Gasteiger partial charge in [-0.1, -0.05) is 25.5 Å². The lowest BCUT2D eigenvalue weighted by Gasteiger charge is -2.14. The van der Waals surface area contributed by atoms with Crippen LogP contribution in [0.2, 0.25) is 0 Å². The van der Waals surface area contributed by atoms with Gasteiger partial charge in [0.2, 0.25) is 0 Å². The van der Waals surface area contributed by atoms with E-state index in [-0.39, 0.29) is 5.56 Å². The van der Waals surface area contributed by atoms with Crippen molar-refractivity contribution in [2.24, 2.45) is 5.92 Å². The van der Waals surface area contributed by atoms with E-state index in [1.54, 1.807) is 6.20 Å². The van der Waals surface area contributed by atoms with Crippen molar-refractivity contribution in [3.8, 4) is 0 Å². The number of hydrogen-bond donors (Lipinski definition) is 1. The monoisotopic (exact) mass is 353 g/mol. The van der Waals surface area contributed by atoms with Crippen LogP contribution in [-0.2, 0) is 6.54 Å². The summed E-state index contributed by atoms with van der Waals surface area (Å²) in [7, 11) is 0. The average Bonchev–Trinajstić information content (AvgIpc) is 2.47. The fraction of sp³-hybridized carbons (Fsp3) is 0.625. The Hall–Kier alpha value is -1.10. The molecule has 0 saturated carbocycles. The van der Waals surface area contributed by atoms with Gasteiger partial charge in [0.25, 0.3) is 5.56 Å². The molecular formula is C16H24BrN3O. The van der Waals surface area contributed by atoms with Crippen molar-refractivity contribution in [1.29, 1.82) is 0 Å². The maximum absolute atomic E-state index is 12.2. The molecule has 5 heteroatoms. The quantitative estimate of drug-likeness (QED) is 0.787. The Balaban J connectivity index is 1.96. The van der Waals surface area contributed by atoms with E-state index in [1.807, 2.05) is 0 Å². The fourth-order valence-electron chi connectivity index (χ4n) is 2.55. The number of anilines is 1. The minimum absolute atomic E-state index is 0.0643. The van der Waals surface area contributed by atoms with Crippen LogP contribution >= 0.6 is 15.9 Å². The second-order valence-electron chi connectivity index (χ2n) is 6.04.